The van der Waals surface area contributed by atoms with Crippen molar-refractivity contribution >= 4 is 17.8 Å². The average Bonchev–Trinajstić information content (AvgIpc) is 2.79. The summed E-state index contributed by atoms with van der Waals surface area (Å²) in [4.78, 5) is 38.1. The van der Waals surface area contributed by atoms with Gasteiger partial charge >= 0.3 is 6.03 Å². The Morgan fingerprint density at radius 2 is 2.09 bits per heavy atom. The van der Waals surface area contributed by atoms with Crippen LogP contribution in [0.5, 0.6) is 0 Å². The predicted molar refractivity (Wildman–Crippen MR) is 80.1 cm³/mol. The minimum Gasteiger partial charge on any atom is -0.338 e. The lowest BCUT2D eigenvalue weighted by Gasteiger charge is -2.42. The van der Waals surface area contributed by atoms with Crippen molar-refractivity contribution in [3.63, 3.8) is 0 Å². The highest BCUT2D eigenvalue weighted by atomic mass is 19.1. The van der Waals surface area contributed by atoms with Crippen LogP contribution in [0, 0.1) is 12.7 Å². The first kappa shape index (κ1) is 15.5. The molecule has 7 heteroatoms. The van der Waals surface area contributed by atoms with E-state index in [0.29, 0.717) is 31.5 Å². The summed E-state index contributed by atoms with van der Waals surface area (Å²) >= 11 is 0. The summed E-state index contributed by atoms with van der Waals surface area (Å²) in [5.74, 6) is -0.511. The molecule has 0 saturated carbocycles. The van der Waals surface area contributed by atoms with E-state index in [9.17, 15) is 18.8 Å². The van der Waals surface area contributed by atoms with Crippen molar-refractivity contribution < 1.29 is 18.8 Å². The van der Waals surface area contributed by atoms with Crippen molar-refractivity contribution in [2.75, 3.05) is 19.6 Å². The Balaban J connectivity index is 1.48. The molecular weight excluding hydrogens is 301 g/mol. The summed E-state index contributed by atoms with van der Waals surface area (Å²) in [5.41, 5.74) is 1.49. The van der Waals surface area contributed by atoms with E-state index in [4.69, 9.17) is 0 Å². The minimum absolute atomic E-state index is 0.0183. The summed E-state index contributed by atoms with van der Waals surface area (Å²) in [6.07, 6.45) is 0.877. The highest BCUT2D eigenvalue weighted by Gasteiger charge is 2.42. The summed E-state index contributed by atoms with van der Waals surface area (Å²) in [5, 5.41) is 2.47. The third kappa shape index (κ3) is 3.04. The fourth-order valence-corrected chi connectivity index (χ4v) is 2.90. The number of carbonyl (C=O) groups is 3. The molecule has 1 aromatic rings. The van der Waals surface area contributed by atoms with Crippen LogP contribution in [0.15, 0.2) is 18.2 Å². The molecule has 2 fully saturated rings. The Morgan fingerprint density at radius 1 is 1.35 bits per heavy atom. The standard InChI is InChI=1S/C16H18FN3O3/c1-10-6-11(2-4-13(10)17)3-5-14(21)19-8-12(9-19)20-15(22)7-18-16(20)23/h2,4,6,12H,3,5,7-9H2,1H3,(H,18,23). The van der Waals surface area contributed by atoms with Crippen molar-refractivity contribution in [1.82, 2.24) is 15.1 Å². The number of hydrogen-bond acceptors (Lipinski definition) is 3. The molecule has 122 valence electrons. The van der Waals surface area contributed by atoms with Crippen molar-refractivity contribution in [3.8, 4) is 0 Å². The Morgan fingerprint density at radius 3 is 2.70 bits per heavy atom. The third-order valence-electron chi connectivity index (χ3n) is 4.31. The first-order valence-electron chi connectivity index (χ1n) is 7.58. The molecule has 4 amide bonds. The largest absolute Gasteiger partial charge is 0.338 e. The Bertz CT molecular complexity index is 655. The fourth-order valence-electron chi connectivity index (χ4n) is 2.90. The number of hydrogen-bond donors (Lipinski definition) is 1. The number of urea groups is 1. The van der Waals surface area contributed by atoms with Crippen LogP contribution in [0.4, 0.5) is 9.18 Å². The molecule has 6 nitrogen and oxygen atoms in total. The van der Waals surface area contributed by atoms with Gasteiger partial charge in [0.25, 0.3) is 0 Å². The molecule has 1 aromatic carbocycles. The van der Waals surface area contributed by atoms with Crippen LogP contribution in [0.1, 0.15) is 17.5 Å². The van der Waals surface area contributed by atoms with Gasteiger partial charge in [-0.2, -0.15) is 0 Å². The van der Waals surface area contributed by atoms with Crippen LogP contribution >= 0.6 is 0 Å². The van der Waals surface area contributed by atoms with Gasteiger partial charge in [0.05, 0.1) is 12.6 Å². The zero-order valence-electron chi connectivity index (χ0n) is 12.8. The smallest absolute Gasteiger partial charge is 0.324 e. The maximum atomic E-state index is 13.2. The summed E-state index contributed by atoms with van der Waals surface area (Å²) in [7, 11) is 0. The highest BCUT2D eigenvalue weighted by Crippen LogP contribution is 2.19. The third-order valence-corrected chi connectivity index (χ3v) is 4.31. The zero-order chi connectivity index (χ0) is 16.6. The lowest BCUT2D eigenvalue weighted by atomic mass is 10.0. The fraction of sp³-hybridized carbons (Fsp3) is 0.438. The first-order valence-corrected chi connectivity index (χ1v) is 7.58. The number of carbonyl (C=O) groups excluding carboxylic acids is 3. The molecule has 0 unspecified atom stereocenters. The lowest BCUT2D eigenvalue weighted by Crippen LogP contribution is -2.62. The van der Waals surface area contributed by atoms with Gasteiger partial charge in [0, 0.05) is 19.5 Å². The highest BCUT2D eigenvalue weighted by molar-refractivity contribution is 6.02. The van der Waals surface area contributed by atoms with Gasteiger partial charge < -0.3 is 10.2 Å². The lowest BCUT2D eigenvalue weighted by molar-refractivity contribution is -0.142. The normalized spacial score (nSPS) is 18.2. The van der Waals surface area contributed by atoms with Gasteiger partial charge in [-0.15, -0.1) is 0 Å². The van der Waals surface area contributed by atoms with Gasteiger partial charge in [0.1, 0.15) is 5.82 Å². The number of imide groups is 1. The molecule has 0 radical (unpaired) electrons. The molecule has 2 heterocycles. The maximum Gasteiger partial charge on any atom is 0.324 e. The van der Waals surface area contributed by atoms with Crippen molar-refractivity contribution in [3.05, 3.63) is 35.1 Å². The summed E-state index contributed by atoms with van der Waals surface area (Å²) in [6.45, 7) is 2.51. The molecular formula is C16H18FN3O3. The van der Waals surface area contributed by atoms with Crippen molar-refractivity contribution in [1.29, 1.82) is 0 Å². The summed E-state index contributed by atoms with van der Waals surface area (Å²) < 4.78 is 13.2. The maximum absolute atomic E-state index is 13.2. The number of amides is 4. The van der Waals surface area contributed by atoms with E-state index in [-0.39, 0.29) is 36.2 Å². The molecule has 0 bridgehead atoms. The number of aryl methyl sites for hydroxylation is 2. The zero-order valence-corrected chi connectivity index (χ0v) is 12.8. The van der Waals surface area contributed by atoms with Gasteiger partial charge in [0.15, 0.2) is 0 Å². The van der Waals surface area contributed by atoms with Crippen LogP contribution < -0.4 is 5.32 Å². The predicted octanol–water partition coefficient (Wildman–Crippen LogP) is 0.829. The van der Waals surface area contributed by atoms with Crippen LogP contribution in [0.3, 0.4) is 0 Å². The van der Waals surface area contributed by atoms with Gasteiger partial charge in [-0.1, -0.05) is 12.1 Å². The molecule has 0 aromatic heterocycles. The molecule has 2 aliphatic heterocycles. The monoisotopic (exact) mass is 319 g/mol. The van der Waals surface area contributed by atoms with Crippen LogP contribution in [0.25, 0.3) is 0 Å². The van der Waals surface area contributed by atoms with Crippen molar-refractivity contribution in [2.24, 2.45) is 0 Å². The van der Waals surface area contributed by atoms with E-state index in [1.807, 2.05) is 0 Å². The number of nitrogens with one attached hydrogen (secondary N) is 1. The molecule has 1 N–H and O–H groups in total. The van der Waals surface area contributed by atoms with Gasteiger partial charge in [-0.3, -0.25) is 14.5 Å². The SMILES string of the molecule is Cc1cc(CCC(=O)N2CC(N3C(=O)CNC3=O)C2)ccc1F. The molecule has 0 aliphatic carbocycles. The Hall–Kier alpha value is -2.44. The van der Waals surface area contributed by atoms with E-state index < -0.39 is 0 Å². The van der Waals surface area contributed by atoms with Crippen molar-refractivity contribution in [2.45, 2.75) is 25.8 Å². The molecule has 0 atom stereocenters. The summed E-state index contributed by atoms with van der Waals surface area (Å²) in [6, 6.07) is 4.24. The van der Waals surface area contributed by atoms with E-state index >= 15 is 0 Å². The van der Waals surface area contributed by atoms with Crippen LogP contribution in [-0.4, -0.2) is 53.3 Å². The second kappa shape index (κ2) is 5.98. The molecule has 3 rings (SSSR count). The number of rotatable bonds is 4. The van der Waals surface area contributed by atoms with Gasteiger partial charge in [-0.05, 0) is 30.5 Å². The Labute approximate surface area is 133 Å². The minimum atomic E-state index is -0.381. The molecule has 23 heavy (non-hydrogen) atoms. The second-order valence-electron chi connectivity index (χ2n) is 5.96. The topological polar surface area (TPSA) is 69.7 Å². The number of likely N-dealkylation sites (tertiary alicyclic amines) is 1. The second-order valence-corrected chi connectivity index (χ2v) is 5.96. The molecule has 2 saturated heterocycles. The first-order chi connectivity index (χ1) is 11.0. The van der Waals surface area contributed by atoms with E-state index in [2.05, 4.69) is 5.32 Å². The van der Waals surface area contributed by atoms with E-state index in [1.54, 1.807) is 24.0 Å². The van der Waals surface area contributed by atoms with E-state index in [0.717, 1.165) is 5.56 Å². The Kier molecular flexibility index (Phi) is 4.02. The van der Waals surface area contributed by atoms with Gasteiger partial charge in [0.2, 0.25) is 11.8 Å². The number of nitrogens with zero attached hydrogens (tertiary/aromatic N) is 2. The molecule has 0 spiro atoms. The quantitative estimate of drug-likeness (QED) is 0.836. The van der Waals surface area contributed by atoms with Gasteiger partial charge in [-0.25, -0.2) is 9.18 Å². The average molecular weight is 319 g/mol. The number of benzene rings is 1. The number of halogens is 1. The van der Waals surface area contributed by atoms with Crippen LogP contribution in [0.2, 0.25) is 0 Å². The molecule has 2 aliphatic rings. The van der Waals surface area contributed by atoms with Crippen LogP contribution in [-0.2, 0) is 16.0 Å². The van der Waals surface area contributed by atoms with E-state index in [1.165, 1.54) is 11.0 Å².